The van der Waals surface area contributed by atoms with Gasteiger partial charge in [0.25, 0.3) is 0 Å². The van der Waals surface area contributed by atoms with Crippen LogP contribution in [0.25, 0.3) is 11.3 Å². The van der Waals surface area contributed by atoms with Crippen LogP contribution in [0, 0.1) is 6.92 Å². The third-order valence-electron chi connectivity index (χ3n) is 3.62. The molecule has 0 aliphatic heterocycles. The van der Waals surface area contributed by atoms with Gasteiger partial charge in [-0.1, -0.05) is 49.9 Å². The quantitative estimate of drug-likeness (QED) is 0.644. The standard InChI is InChI=1S/C18H24ClNO/c1-3-4-5-6-11-20-13-16-9-10-18(21-16)15-8-7-14(2)17(19)12-15/h7-10,12,20H,3-6,11,13H2,1-2H3. The van der Waals surface area contributed by atoms with E-state index in [9.17, 15) is 0 Å². The molecule has 0 saturated heterocycles. The Kier molecular flexibility index (Phi) is 6.34. The lowest BCUT2D eigenvalue weighted by Crippen LogP contribution is -2.14. The Hall–Kier alpha value is -1.25. The number of unbranched alkanes of at least 4 members (excludes halogenated alkanes) is 3. The molecule has 0 aliphatic rings. The Morgan fingerprint density at radius 3 is 2.71 bits per heavy atom. The largest absolute Gasteiger partial charge is 0.460 e. The van der Waals surface area contributed by atoms with Crippen LogP contribution in [0.2, 0.25) is 5.02 Å². The minimum Gasteiger partial charge on any atom is -0.460 e. The fraction of sp³-hybridized carbons (Fsp3) is 0.444. The lowest BCUT2D eigenvalue weighted by molar-refractivity contribution is 0.487. The van der Waals surface area contributed by atoms with Crippen molar-refractivity contribution in [1.82, 2.24) is 5.32 Å². The molecule has 114 valence electrons. The molecule has 0 bridgehead atoms. The van der Waals surface area contributed by atoms with Gasteiger partial charge in [-0.2, -0.15) is 0 Å². The van der Waals surface area contributed by atoms with Gasteiger partial charge in [0, 0.05) is 10.6 Å². The molecule has 0 saturated carbocycles. The van der Waals surface area contributed by atoms with Crippen molar-refractivity contribution in [3.63, 3.8) is 0 Å². The van der Waals surface area contributed by atoms with E-state index >= 15 is 0 Å². The van der Waals surface area contributed by atoms with E-state index < -0.39 is 0 Å². The van der Waals surface area contributed by atoms with Crippen molar-refractivity contribution in [3.8, 4) is 11.3 Å². The first kappa shape index (κ1) is 16.1. The Labute approximate surface area is 132 Å². The van der Waals surface area contributed by atoms with Crippen LogP contribution in [-0.4, -0.2) is 6.54 Å². The summed E-state index contributed by atoms with van der Waals surface area (Å²) in [7, 11) is 0. The van der Waals surface area contributed by atoms with Crippen molar-refractivity contribution in [3.05, 3.63) is 46.7 Å². The summed E-state index contributed by atoms with van der Waals surface area (Å²) in [4.78, 5) is 0. The molecule has 2 rings (SSSR count). The van der Waals surface area contributed by atoms with Crippen molar-refractivity contribution in [2.45, 2.75) is 46.1 Å². The summed E-state index contributed by atoms with van der Waals surface area (Å²) in [6.07, 6.45) is 5.13. The SMILES string of the molecule is CCCCCCNCc1ccc(-c2ccc(C)c(Cl)c2)o1. The van der Waals surface area contributed by atoms with E-state index in [1.165, 1.54) is 25.7 Å². The Balaban J connectivity index is 1.85. The van der Waals surface area contributed by atoms with Gasteiger partial charge in [0.05, 0.1) is 6.54 Å². The summed E-state index contributed by atoms with van der Waals surface area (Å²) in [5.74, 6) is 1.84. The highest BCUT2D eigenvalue weighted by molar-refractivity contribution is 6.31. The van der Waals surface area contributed by atoms with Gasteiger partial charge in [-0.15, -0.1) is 0 Å². The molecule has 1 N–H and O–H groups in total. The number of benzene rings is 1. The molecule has 3 heteroatoms. The highest BCUT2D eigenvalue weighted by atomic mass is 35.5. The molecule has 2 nitrogen and oxygen atoms in total. The van der Waals surface area contributed by atoms with Crippen molar-refractivity contribution in [1.29, 1.82) is 0 Å². The van der Waals surface area contributed by atoms with Crippen LogP contribution in [0.5, 0.6) is 0 Å². The van der Waals surface area contributed by atoms with Gasteiger partial charge in [0.15, 0.2) is 0 Å². The molecule has 0 atom stereocenters. The molecule has 0 unspecified atom stereocenters. The second-order valence-electron chi connectivity index (χ2n) is 5.47. The molecule has 1 aromatic heterocycles. The van der Waals surface area contributed by atoms with Crippen LogP contribution in [-0.2, 0) is 6.54 Å². The summed E-state index contributed by atoms with van der Waals surface area (Å²) in [5.41, 5.74) is 2.11. The monoisotopic (exact) mass is 305 g/mol. The van der Waals surface area contributed by atoms with Crippen LogP contribution >= 0.6 is 11.6 Å². The number of furan rings is 1. The van der Waals surface area contributed by atoms with E-state index in [0.717, 1.165) is 40.8 Å². The Morgan fingerprint density at radius 1 is 1.10 bits per heavy atom. The highest BCUT2D eigenvalue weighted by Gasteiger charge is 2.06. The van der Waals surface area contributed by atoms with Crippen LogP contribution in [0.15, 0.2) is 34.7 Å². The number of rotatable bonds is 8. The lowest BCUT2D eigenvalue weighted by atomic mass is 10.1. The maximum Gasteiger partial charge on any atom is 0.134 e. The summed E-state index contributed by atoms with van der Waals surface area (Å²) in [6, 6.07) is 10.1. The zero-order chi connectivity index (χ0) is 15.1. The van der Waals surface area contributed by atoms with E-state index in [2.05, 4.69) is 12.2 Å². The number of aryl methyl sites for hydroxylation is 1. The van der Waals surface area contributed by atoms with Gasteiger partial charge in [-0.25, -0.2) is 0 Å². The lowest BCUT2D eigenvalue weighted by Gasteiger charge is -2.03. The van der Waals surface area contributed by atoms with E-state index in [-0.39, 0.29) is 0 Å². The molecule has 0 amide bonds. The number of nitrogens with one attached hydrogen (secondary N) is 1. The van der Waals surface area contributed by atoms with Crippen LogP contribution < -0.4 is 5.32 Å². The first-order valence-corrected chi connectivity index (χ1v) is 8.14. The predicted octanol–water partition coefficient (Wildman–Crippen LogP) is 5.58. The second-order valence-corrected chi connectivity index (χ2v) is 5.87. The van der Waals surface area contributed by atoms with Crippen molar-refractivity contribution < 1.29 is 4.42 Å². The molecule has 2 aromatic rings. The van der Waals surface area contributed by atoms with Crippen LogP contribution in [0.3, 0.4) is 0 Å². The van der Waals surface area contributed by atoms with Crippen molar-refractivity contribution in [2.24, 2.45) is 0 Å². The van der Waals surface area contributed by atoms with E-state index in [1.54, 1.807) is 0 Å². The first-order chi connectivity index (χ1) is 10.2. The molecular weight excluding hydrogens is 282 g/mol. The molecular formula is C18H24ClNO. The maximum atomic E-state index is 6.16. The smallest absolute Gasteiger partial charge is 0.134 e. The maximum absolute atomic E-state index is 6.16. The highest BCUT2D eigenvalue weighted by Crippen LogP contribution is 2.26. The van der Waals surface area contributed by atoms with Crippen molar-refractivity contribution >= 4 is 11.6 Å². The van der Waals surface area contributed by atoms with Gasteiger partial charge in [-0.05, 0) is 43.7 Å². The summed E-state index contributed by atoms with van der Waals surface area (Å²) < 4.78 is 5.87. The number of hydrogen-bond donors (Lipinski definition) is 1. The van der Waals surface area contributed by atoms with Gasteiger partial charge < -0.3 is 9.73 Å². The molecule has 0 radical (unpaired) electrons. The van der Waals surface area contributed by atoms with Gasteiger partial charge in [0.2, 0.25) is 0 Å². The van der Waals surface area contributed by atoms with E-state index in [4.69, 9.17) is 16.0 Å². The third-order valence-corrected chi connectivity index (χ3v) is 4.03. The molecule has 0 fully saturated rings. The summed E-state index contributed by atoms with van der Waals surface area (Å²) in [6.45, 7) is 6.06. The van der Waals surface area contributed by atoms with Gasteiger partial charge in [-0.3, -0.25) is 0 Å². The molecule has 0 spiro atoms. The Bertz CT molecular complexity index is 562. The predicted molar refractivity (Wildman–Crippen MR) is 89.7 cm³/mol. The molecule has 1 aromatic carbocycles. The minimum absolute atomic E-state index is 0.777. The van der Waals surface area contributed by atoms with Gasteiger partial charge >= 0.3 is 0 Å². The second kappa shape index (κ2) is 8.26. The van der Waals surface area contributed by atoms with Crippen molar-refractivity contribution in [2.75, 3.05) is 6.54 Å². The Morgan fingerprint density at radius 2 is 1.95 bits per heavy atom. The summed E-state index contributed by atoms with van der Waals surface area (Å²) in [5, 5.41) is 4.20. The van der Waals surface area contributed by atoms with Crippen LogP contribution in [0.4, 0.5) is 0 Å². The average molecular weight is 306 g/mol. The zero-order valence-corrected chi connectivity index (χ0v) is 13.7. The third kappa shape index (κ3) is 4.90. The fourth-order valence-electron chi connectivity index (χ4n) is 2.26. The van der Waals surface area contributed by atoms with Gasteiger partial charge in [0.1, 0.15) is 11.5 Å². The topological polar surface area (TPSA) is 25.2 Å². The minimum atomic E-state index is 0.777. The normalized spacial score (nSPS) is 11.0. The first-order valence-electron chi connectivity index (χ1n) is 7.76. The van der Waals surface area contributed by atoms with E-state index in [0.29, 0.717) is 0 Å². The summed E-state index contributed by atoms with van der Waals surface area (Å²) >= 11 is 6.16. The molecule has 1 heterocycles. The van der Waals surface area contributed by atoms with Crippen LogP contribution in [0.1, 0.15) is 43.9 Å². The van der Waals surface area contributed by atoms with E-state index in [1.807, 2.05) is 37.3 Å². The zero-order valence-electron chi connectivity index (χ0n) is 12.9. The molecule has 21 heavy (non-hydrogen) atoms. The number of hydrogen-bond acceptors (Lipinski definition) is 2. The number of halogens is 1. The fourth-order valence-corrected chi connectivity index (χ4v) is 2.44. The average Bonchev–Trinajstić information content (AvgIpc) is 2.94. The molecule has 0 aliphatic carbocycles.